The van der Waals surface area contributed by atoms with Crippen molar-refractivity contribution < 1.29 is 9.13 Å². The number of benzene rings is 1. The number of halogens is 1. The molecular formula is C22H26FN5O. The van der Waals surface area contributed by atoms with E-state index in [1.807, 2.05) is 35.8 Å². The summed E-state index contributed by atoms with van der Waals surface area (Å²) in [5.74, 6) is 0.563. The van der Waals surface area contributed by atoms with E-state index < -0.39 is 0 Å². The average molecular weight is 395 g/mol. The van der Waals surface area contributed by atoms with Crippen LogP contribution >= 0.6 is 0 Å². The van der Waals surface area contributed by atoms with Gasteiger partial charge in [-0.25, -0.2) is 14.1 Å². The monoisotopic (exact) mass is 395 g/mol. The van der Waals surface area contributed by atoms with Crippen LogP contribution in [0.4, 0.5) is 21.7 Å². The number of hydrogen-bond donors (Lipinski definition) is 1. The van der Waals surface area contributed by atoms with Gasteiger partial charge in [0.1, 0.15) is 0 Å². The highest BCUT2D eigenvalue weighted by Crippen LogP contribution is 2.35. The van der Waals surface area contributed by atoms with Gasteiger partial charge in [-0.2, -0.15) is 5.10 Å². The molecule has 2 aliphatic rings. The van der Waals surface area contributed by atoms with Crippen LogP contribution in [0, 0.1) is 5.82 Å². The quantitative estimate of drug-likeness (QED) is 0.701. The molecule has 1 aliphatic carbocycles. The molecule has 0 radical (unpaired) electrons. The van der Waals surface area contributed by atoms with E-state index >= 15 is 4.39 Å². The van der Waals surface area contributed by atoms with Gasteiger partial charge < -0.3 is 15.0 Å². The molecule has 0 spiro atoms. The van der Waals surface area contributed by atoms with Crippen molar-refractivity contribution in [1.29, 1.82) is 0 Å². The van der Waals surface area contributed by atoms with E-state index in [2.05, 4.69) is 16.4 Å². The molecule has 1 aromatic carbocycles. The molecule has 3 aromatic rings. The molecule has 0 bridgehead atoms. The van der Waals surface area contributed by atoms with Gasteiger partial charge in [0.15, 0.2) is 29.3 Å². The van der Waals surface area contributed by atoms with E-state index in [1.54, 1.807) is 0 Å². The van der Waals surface area contributed by atoms with Crippen molar-refractivity contribution in [2.45, 2.75) is 44.8 Å². The van der Waals surface area contributed by atoms with E-state index in [4.69, 9.17) is 9.84 Å². The summed E-state index contributed by atoms with van der Waals surface area (Å²) in [5.41, 5.74) is 4.20. The molecule has 1 N–H and O–H groups in total. The van der Waals surface area contributed by atoms with Crippen LogP contribution in [0.3, 0.4) is 0 Å². The molecule has 3 heterocycles. The predicted molar refractivity (Wildman–Crippen MR) is 112 cm³/mol. The molecule has 2 aromatic heterocycles. The van der Waals surface area contributed by atoms with E-state index in [9.17, 15) is 0 Å². The van der Waals surface area contributed by atoms with E-state index in [1.165, 1.54) is 17.2 Å². The first-order valence-corrected chi connectivity index (χ1v) is 10.4. The highest BCUT2D eigenvalue weighted by molar-refractivity contribution is 5.89. The number of pyridine rings is 1. The third kappa shape index (κ3) is 3.23. The van der Waals surface area contributed by atoms with Gasteiger partial charge in [0.25, 0.3) is 0 Å². The fourth-order valence-electron chi connectivity index (χ4n) is 4.42. The molecule has 1 atom stereocenters. The van der Waals surface area contributed by atoms with E-state index in [0.29, 0.717) is 23.5 Å². The standard InChI is InChI=1S/C22H26FN5O/c1-27(2)22-16-13-17(23)20(24-18-10-6-8-14-7-5-9-15(14)18)25-21(16)28(26-22)19-11-3-4-12-29-19/h6,8,10,13,19H,3-5,7,9,11-12H2,1-2H3,(H,24,25). The lowest BCUT2D eigenvalue weighted by molar-refractivity contribution is -0.0368. The second-order valence-corrected chi connectivity index (χ2v) is 8.10. The van der Waals surface area contributed by atoms with Gasteiger partial charge in [0.2, 0.25) is 0 Å². The number of anilines is 3. The minimum atomic E-state index is -0.375. The Labute approximate surface area is 169 Å². The van der Waals surface area contributed by atoms with Gasteiger partial charge in [-0.15, -0.1) is 0 Å². The summed E-state index contributed by atoms with van der Waals surface area (Å²) >= 11 is 0. The Bertz CT molecular complexity index is 1060. The highest BCUT2D eigenvalue weighted by atomic mass is 19.1. The molecule has 152 valence electrons. The maximum atomic E-state index is 15.0. The summed E-state index contributed by atoms with van der Waals surface area (Å²) in [6.45, 7) is 0.714. The zero-order valence-corrected chi connectivity index (χ0v) is 16.9. The Morgan fingerprint density at radius 3 is 2.90 bits per heavy atom. The summed E-state index contributed by atoms with van der Waals surface area (Å²) < 4.78 is 22.8. The fraction of sp³-hybridized carbons (Fsp3) is 0.455. The third-order valence-corrected chi connectivity index (χ3v) is 5.87. The summed E-state index contributed by atoms with van der Waals surface area (Å²) in [4.78, 5) is 6.57. The van der Waals surface area contributed by atoms with E-state index in [-0.39, 0.29) is 17.9 Å². The Balaban J connectivity index is 1.60. The molecule has 29 heavy (non-hydrogen) atoms. The zero-order valence-electron chi connectivity index (χ0n) is 16.9. The Morgan fingerprint density at radius 2 is 2.10 bits per heavy atom. The van der Waals surface area contributed by atoms with Crippen LogP contribution in [0.25, 0.3) is 11.0 Å². The molecule has 6 nitrogen and oxygen atoms in total. The second kappa shape index (κ2) is 7.30. The average Bonchev–Trinajstić information content (AvgIpc) is 3.34. The van der Waals surface area contributed by atoms with Crippen LogP contribution in [-0.2, 0) is 17.6 Å². The molecule has 1 unspecified atom stereocenters. The molecular weight excluding hydrogens is 369 g/mol. The number of nitrogens with one attached hydrogen (secondary N) is 1. The van der Waals surface area contributed by atoms with Crippen LogP contribution in [0.1, 0.15) is 43.0 Å². The molecule has 0 saturated carbocycles. The minimum Gasteiger partial charge on any atom is -0.361 e. The number of nitrogens with zero attached hydrogens (tertiary/aromatic N) is 4. The Hall–Kier alpha value is -2.67. The first kappa shape index (κ1) is 18.4. The SMILES string of the molecule is CN(C)c1nn(C2CCCCO2)c2nc(Nc3cccc4c3CCC4)c(F)cc12. The van der Waals surface area contributed by atoms with Gasteiger partial charge in [0.05, 0.1) is 5.39 Å². The van der Waals surface area contributed by atoms with Crippen molar-refractivity contribution in [1.82, 2.24) is 14.8 Å². The molecule has 0 amide bonds. The molecule has 5 rings (SSSR count). The topological polar surface area (TPSA) is 55.2 Å². The van der Waals surface area contributed by atoms with Gasteiger partial charge in [-0.3, -0.25) is 0 Å². The van der Waals surface area contributed by atoms with Gasteiger partial charge >= 0.3 is 0 Å². The van der Waals surface area contributed by atoms with Crippen molar-refractivity contribution in [3.63, 3.8) is 0 Å². The van der Waals surface area contributed by atoms with E-state index in [0.717, 1.165) is 44.2 Å². The Morgan fingerprint density at radius 1 is 1.21 bits per heavy atom. The maximum Gasteiger partial charge on any atom is 0.169 e. The van der Waals surface area contributed by atoms with Crippen LogP contribution in [0.5, 0.6) is 0 Å². The largest absolute Gasteiger partial charge is 0.361 e. The smallest absolute Gasteiger partial charge is 0.169 e. The lowest BCUT2D eigenvalue weighted by Crippen LogP contribution is -2.20. The van der Waals surface area contributed by atoms with Crippen LogP contribution in [0.15, 0.2) is 24.3 Å². The number of fused-ring (bicyclic) bond motifs is 2. The summed E-state index contributed by atoms with van der Waals surface area (Å²) in [7, 11) is 3.82. The molecule has 1 aliphatic heterocycles. The zero-order chi connectivity index (χ0) is 20.0. The van der Waals surface area contributed by atoms with Crippen molar-refractivity contribution >= 4 is 28.4 Å². The molecule has 7 heteroatoms. The lowest BCUT2D eigenvalue weighted by Gasteiger charge is -2.23. The summed E-state index contributed by atoms with van der Waals surface area (Å²) in [5, 5.41) is 8.67. The number of ether oxygens (including phenoxy) is 1. The Kier molecular flexibility index (Phi) is 4.62. The van der Waals surface area contributed by atoms with Crippen molar-refractivity contribution in [3.05, 3.63) is 41.2 Å². The maximum absolute atomic E-state index is 15.0. The highest BCUT2D eigenvalue weighted by Gasteiger charge is 2.25. The second-order valence-electron chi connectivity index (χ2n) is 8.10. The predicted octanol–water partition coefficient (Wildman–Crippen LogP) is 4.57. The number of aryl methyl sites for hydroxylation is 1. The number of aromatic nitrogens is 3. The lowest BCUT2D eigenvalue weighted by atomic mass is 10.1. The number of rotatable bonds is 4. The summed E-state index contributed by atoms with van der Waals surface area (Å²) in [6, 6.07) is 7.71. The molecule has 1 fully saturated rings. The van der Waals surface area contributed by atoms with Crippen molar-refractivity contribution in [2.24, 2.45) is 0 Å². The normalized spacial score (nSPS) is 18.8. The molecule has 1 saturated heterocycles. The fourth-order valence-corrected chi connectivity index (χ4v) is 4.42. The van der Waals surface area contributed by atoms with Crippen molar-refractivity contribution in [3.8, 4) is 0 Å². The number of hydrogen-bond acceptors (Lipinski definition) is 5. The van der Waals surface area contributed by atoms with Crippen molar-refractivity contribution in [2.75, 3.05) is 30.9 Å². The summed E-state index contributed by atoms with van der Waals surface area (Å²) in [6.07, 6.45) is 6.11. The van der Waals surface area contributed by atoms with Gasteiger partial charge in [-0.05, 0) is 61.8 Å². The van der Waals surface area contributed by atoms with Crippen LogP contribution in [-0.4, -0.2) is 35.5 Å². The van der Waals surface area contributed by atoms with Gasteiger partial charge in [-0.1, -0.05) is 12.1 Å². The van der Waals surface area contributed by atoms with Crippen LogP contribution in [0.2, 0.25) is 0 Å². The third-order valence-electron chi connectivity index (χ3n) is 5.87. The minimum absolute atomic E-state index is 0.160. The first-order valence-electron chi connectivity index (χ1n) is 10.4. The van der Waals surface area contributed by atoms with Gasteiger partial charge in [0, 0.05) is 26.4 Å². The van der Waals surface area contributed by atoms with Crippen LogP contribution < -0.4 is 10.2 Å². The first-order chi connectivity index (χ1) is 14.1.